The third kappa shape index (κ3) is 5.66. The molecule has 0 saturated heterocycles. The summed E-state index contributed by atoms with van der Waals surface area (Å²) in [6.45, 7) is 5.17. The van der Waals surface area contributed by atoms with Gasteiger partial charge in [0.15, 0.2) is 0 Å². The number of halogens is 1. The van der Waals surface area contributed by atoms with Crippen molar-refractivity contribution in [2.24, 2.45) is 0 Å². The average molecular weight is 282 g/mol. The molecule has 2 nitrogen and oxygen atoms in total. The lowest BCUT2D eigenvalue weighted by molar-refractivity contribution is 0.360. The van der Waals surface area contributed by atoms with Gasteiger partial charge in [0.2, 0.25) is 0 Å². The lowest BCUT2D eigenvalue weighted by Crippen LogP contribution is -2.30. The Morgan fingerprint density at radius 1 is 1.26 bits per heavy atom. The molecule has 0 atom stereocenters. The van der Waals surface area contributed by atoms with Crippen molar-refractivity contribution in [2.75, 3.05) is 6.61 Å². The quantitative estimate of drug-likeness (QED) is 0.793. The van der Waals surface area contributed by atoms with Gasteiger partial charge in [-0.05, 0) is 30.5 Å². The number of nitrogens with one attached hydrogen (secondary N) is 1. The molecular formula is C16H24ClNO. The highest BCUT2D eigenvalue weighted by Gasteiger charge is 2.12. The number of rotatable bonds is 6. The molecule has 0 unspecified atom stereocenters. The molecule has 1 N–H and O–H groups in total. The van der Waals surface area contributed by atoms with Crippen molar-refractivity contribution < 1.29 is 4.74 Å². The Bertz CT molecular complexity index is 375. The summed E-state index contributed by atoms with van der Waals surface area (Å²) in [6, 6.07) is 9.01. The van der Waals surface area contributed by atoms with Crippen LogP contribution in [-0.2, 0) is 6.54 Å². The van der Waals surface area contributed by atoms with Crippen LogP contribution in [-0.4, -0.2) is 12.6 Å². The van der Waals surface area contributed by atoms with Gasteiger partial charge in [-0.3, -0.25) is 0 Å². The van der Waals surface area contributed by atoms with E-state index in [9.17, 15) is 0 Å². The fourth-order valence-electron chi connectivity index (χ4n) is 2.47. The molecule has 3 heteroatoms. The van der Waals surface area contributed by atoms with Crippen molar-refractivity contribution in [1.82, 2.24) is 5.32 Å². The fraction of sp³-hybridized carbons (Fsp3) is 0.500. The van der Waals surface area contributed by atoms with Crippen LogP contribution >= 0.6 is 12.4 Å². The van der Waals surface area contributed by atoms with Gasteiger partial charge >= 0.3 is 0 Å². The van der Waals surface area contributed by atoms with E-state index in [1.807, 2.05) is 6.07 Å². The van der Waals surface area contributed by atoms with Crippen LogP contribution in [0.5, 0.6) is 5.75 Å². The molecule has 1 aromatic carbocycles. The van der Waals surface area contributed by atoms with Gasteiger partial charge in [0.05, 0.1) is 0 Å². The van der Waals surface area contributed by atoms with E-state index in [0.717, 1.165) is 12.3 Å². The van der Waals surface area contributed by atoms with Gasteiger partial charge in [-0.25, -0.2) is 0 Å². The van der Waals surface area contributed by atoms with Crippen LogP contribution in [0.3, 0.4) is 0 Å². The van der Waals surface area contributed by atoms with E-state index >= 15 is 0 Å². The average Bonchev–Trinajstić information content (AvgIpc) is 2.44. The summed E-state index contributed by atoms with van der Waals surface area (Å²) < 4.78 is 5.54. The highest BCUT2D eigenvalue weighted by molar-refractivity contribution is 5.85. The first-order valence-corrected chi connectivity index (χ1v) is 6.94. The Balaban J connectivity index is 0.00000180. The summed E-state index contributed by atoms with van der Waals surface area (Å²) in [6.07, 6.45) is 8.58. The maximum atomic E-state index is 5.54. The first-order chi connectivity index (χ1) is 8.88. The zero-order valence-electron chi connectivity index (χ0n) is 11.4. The zero-order chi connectivity index (χ0) is 12.6. The minimum Gasteiger partial charge on any atom is -0.490 e. The summed E-state index contributed by atoms with van der Waals surface area (Å²) in [5.41, 5.74) is 1.29. The predicted molar refractivity (Wildman–Crippen MR) is 83.1 cm³/mol. The topological polar surface area (TPSA) is 21.3 Å². The minimum absolute atomic E-state index is 0. The molecule has 0 spiro atoms. The lowest BCUT2D eigenvalue weighted by atomic mass is 9.95. The monoisotopic (exact) mass is 281 g/mol. The van der Waals surface area contributed by atoms with Crippen LogP contribution in [0.4, 0.5) is 0 Å². The van der Waals surface area contributed by atoms with Crippen molar-refractivity contribution in [1.29, 1.82) is 0 Å². The Kier molecular flexibility index (Phi) is 7.61. The lowest BCUT2D eigenvalue weighted by Gasteiger charge is -2.22. The van der Waals surface area contributed by atoms with Crippen molar-refractivity contribution in [3.8, 4) is 5.75 Å². The molecule has 0 bridgehead atoms. The predicted octanol–water partition coefficient (Wildman–Crippen LogP) is 4.10. The molecule has 1 fully saturated rings. The van der Waals surface area contributed by atoms with Crippen LogP contribution in [0, 0.1) is 0 Å². The van der Waals surface area contributed by atoms with E-state index in [-0.39, 0.29) is 12.4 Å². The summed E-state index contributed by atoms with van der Waals surface area (Å²) >= 11 is 0. The third-order valence-corrected chi connectivity index (χ3v) is 3.47. The van der Waals surface area contributed by atoms with Gasteiger partial charge in [0, 0.05) is 12.6 Å². The van der Waals surface area contributed by atoms with Crippen LogP contribution in [0.2, 0.25) is 0 Å². The second kappa shape index (κ2) is 9.00. The summed E-state index contributed by atoms with van der Waals surface area (Å²) in [4.78, 5) is 0. The highest BCUT2D eigenvalue weighted by atomic mass is 35.5. The molecular weight excluding hydrogens is 258 g/mol. The van der Waals surface area contributed by atoms with E-state index in [4.69, 9.17) is 4.74 Å². The van der Waals surface area contributed by atoms with Crippen molar-refractivity contribution >= 4 is 12.4 Å². The van der Waals surface area contributed by atoms with Gasteiger partial charge in [0.25, 0.3) is 0 Å². The largest absolute Gasteiger partial charge is 0.490 e. The van der Waals surface area contributed by atoms with Gasteiger partial charge in [-0.2, -0.15) is 0 Å². The smallest absolute Gasteiger partial charge is 0.120 e. The van der Waals surface area contributed by atoms with E-state index in [0.29, 0.717) is 12.6 Å². The maximum Gasteiger partial charge on any atom is 0.120 e. The number of benzene rings is 1. The van der Waals surface area contributed by atoms with Crippen LogP contribution in [0.15, 0.2) is 36.9 Å². The molecule has 1 aliphatic carbocycles. The Hall–Kier alpha value is -0.990. The number of hydrogen-bond acceptors (Lipinski definition) is 2. The Morgan fingerprint density at radius 2 is 2.05 bits per heavy atom. The summed E-state index contributed by atoms with van der Waals surface area (Å²) in [5.74, 6) is 0.929. The zero-order valence-corrected chi connectivity index (χ0v) is 12.3. The van der Waals surface area contributed by atoms with Gasteiger partial charge in [0.1, 0.15) is 12.4 Å². The van der Waals surface area contributed by atoms with E-state index in [1.165, 1.54) is 37.7 Å². The molecule has 2 rings (SSSR count). The number of hydrogen-bond donors (Lipinski definition) is 1. The number of ether oxygens (including phenoxy) is 1. The molecule has 0 aliphatic heterocycles. The molecule has 1 aromatic rings. The van der Waals surface area contributed by atoms with Gasteiger partial charge < -0.3 is 10.1 Å². The second-order valence-electron chi connectivity index (χ2n) is 4.96. The third-order valence-electron chi connectivity index (χ3n) is 3.47. The first kappa shape index (κ1) is 16.1. The van der Waals surface area contributed by atoms with E-state index in [2.05, 4.69) is 30.1 Å². The Morgan fingerprint density at radius 3 is 2.79 bits per heavy atom. The standard InChI is InChI=1S/C16H23NO.ClH/c1-2-11-18-16-10-6-7-14(12-16)13-17-15-8-4-3-5-9-15;/h2,6-7,10,12,15,17H,1,3-5,8-9,11,13H2;1H. The van der Waals surface area contributed by atoms with Gasteiger partial charge in [-0.1, -0.05) is 44.1 Å². The summed E-state index contributed by atoms with van der Waals surface area (Å²) in [5, 5.41) is 3.65. The fourth-order valence-corrected chi connectivity index (χ4v) is 2.47. The SMILES string of the molecule is C=CCOc1cccc(CNC2CCCCC2)c1.Cl. The van der Waals surface area contributed by atoms with Crippen molar-refractivity contribution in [3.63, 3.8) is 0 Å². The molecule has 0 aromatic heterocycles. The maximum absolute atomic E-state index is 5.54. The molecule has 19 heavy (non-hydrogen) atoms. The molecule has 0 radical (unpaired) electrons. The normalized spacial score (nSPS) is 15.6. The second-order valence-corrected chi connectivity index (χ2v) is 4.96. The molecule has 1 aliphatic rings. The van der Waals surface area contributed by atoms with Crippen molar-refractivity contribution in [3.05, 3.63) is 42.5 Å². The molecule has 1 saturated carbocycles. The molecule has 0 amide bonds. The van der Waals surface area contributed by atoms with Crippen LogP contribution in [0.1, 0.15) is 37.7 Å². The van der Waals surface area contributed by atoms with Crippen LogP contribution in [0.25, 0.3) is 0 Å². The van der Waals surface area contributed by atoms with E-state index < -0.39 is 0 Å². The first-order valence-electron chi connectivity index (χ1n) is 6.94. The minimum atomic E-state index is 0. The van der Waals surface area contributed by atoms with E-state index in [1.54, 1.807) is 6.08 Å². The summed E-state index contributed by atoms with van der Waals surface area (Å²) in [7, 11) is 0. The molecule has 0 heterocycles. The molecule has 106 valence electrons. The van der Waals surface area contributed by atoms with Gasteiger partial charge in [-0.15, -0.1) is 12.4 Å². The van der Waals surface area contributed by atoms with Crippen LogP contribution < -0.4 is 10.1 Å². The Labute approximate surface area is 122 Å². The highest BCUT2D eigenvalue weighted by Crippen LogP contribution is 2.18. The van der Waals surface area contributed by atoms with Crippen molar-refractivity contribution in [2.45, 2.75) is 44.7 Å².